The van der Waals surface area contributed by atoms with Gasteiger partial charge in [-0.1, -0.05) is 23.2 Å². The Balaban J connectivity index is 2.08. The van der Waals surface area contributed by atoms with Crippen molar-refractivity contribution in [2.75, 3.05) is 19.0 Å². The topological polar surface area (TPSA) is 20.3 Å². The predicted octanol–water partition coefficient (Wildman–Crippen LogP) is 4.08. The van der Waals surface area contributed by atoms with Crippen molar-refractivity contribution >= 4 is 40.7 Å². The van der Waals surface area contributed by atoms with E-state index in [1.807, 2.05) is 4.90 Å². The molecule has 1 amide bonds. The molecule has 0 aliphatic carbocycles. The number of hydrogen-bond donors (Lipinski definition) is 0. The average molecular weight is 307 g/mol. The zero-order valence-corrected chi connectivity index (χ0v) is 12.1. The highest BCUT2D eigenvalue weighted by atomic mass is 35.5. The minimum absolute atomic E-state index is 0.00327. The molecule has 1 aromatic rings. The summed E-state index contributed by atoms with van der Waals surface area (Å²) in [6, 6.07) is 4.94. The Bertz CT molecular complexity index is 430. The summed E-state index contributed by atoms with van der Waals surface area (Å²) >= 11 is 17.5. The summed E-state index contributed by atoms with van der Waals surface area (Å²) in [5.41, 5.74) is 0.555. The molecule has 5 heteroatoms. The fourth-order valence-corrected chi connectivity index (χ4v) is 3.10. The van der Waals surface area contributed by atoms with Gasteiger partial charge in [-0.15, -0.1) is 11.6 Å². The minimum atomic E-state index is -0.00327. The highest BCUT2D eigenvalue weighted by Crippen LogP contribution is 2.24. The Labute approximate surface area is 122 Å². The lowest BCUT2D eigenvalue weighted by atomic mass is 10.1. The first kappa shape index (κ1) is 14.0. The second kappa shape index (κ2) is 6.14. The number of benzene rings is 1. The van der Waals surface area contributed by atoms with Gasteiger partial charge in [0.1, 0.15) is 0 Å². The molecule has 0 saturated carbocycles. The van der Waals surface area contributed by atoms with Crippen LogP contribution in [-0.4, -0.2) is 29.8 Å². The largest absolute Gasteiger partial charge is 0.338 e. The number of rotatable bonds is 3. The molecule has 2 nitrogen and oxygen atoms in total. The summed E-state index contributed by atoms with van der Waals surface area (Å²) < 4.78 is 0. The number of likely N-dealkylation sites (tertiary alicyclic amines) is 1. The molecule has 2 rings (SSSR count). The zero-order valence-electron chi connectivity index (χ0n) is 9.83. The van der Waals surface area contributed by atoms with Gasteiger partial charge in [0.15, 0.2) is 0 Å². The van der Waals surface area contributed by atoms with Crippen molar-refractivity contribution in [3.8, 4) is 0 Å². The molecule has 1 aliphatic rings. The molecule has 1 heterocycles. The lowest BCUT2D eigenvalue weighted by molar-refractivity contribution is 0.0787. The van der Waals surface area contributed by atoms with Crippen LogP contribution >= 0.6 is 34.8 Å². The van der Waals surface area contributed by atoms with E-state index in [0.29, 0.717) is 27.4 Å². The highest BCUT2D eigenvalue weighted by molar-refractivity contribution is 6.35. The van der Waals surface area contributed by atoms with Crippen LogP contribution in [0.1, 0.15) is 23.2 Å². The number of halogens is 3. The van der Waals surface area contributed by atoms with Gasteiger partial charge in [0.05, 0.1) is 0 Å². The third kappa shape index (κ3) is 3.31. The quantitative estimate of drug-likeness (QED) is 0.770. The van der Waals surface area contributed by atoms with Gasteiger partial charge in [-0.05, 0) is 37.0 Å². The third-order valence-electron chi connectivity index (χ3n) is 3.20. The first-order chi connectivity index (χ1) is 8.60. The van der Waals surface area contributed by atoms with Gasteiger partial charge in [0.2, 0.25) is 0 Å². The SMILES string of the molecule is O=C(c1cc(Cl)cc(Cl)c1)N1CCC(CCCl)C1. The smallest absolute Gasteiger partial charge is 0.253 e. The van der Waals surface area contributed by atoms with E-state index in [4.69, 9.17) is 34.8 Å². The molecule has 18 heavy (non-hydrogen) atoms. The van der Waals surface area contributed by atoms with Crippen LogP contribution in [0.15, 0.2) is 18.2 Å². The summed E-state index contributed by atoms with van der Waals surface area (Å²) in [7, 11) is 0. The van der Waals surface area contributed by atoms with Crippen LogP contribution in [0, 0.1) is 5.92 Å². The molecule has 0 spiro atoms. The Hall–Kier alpha value is -0.440. The lowest BCUT2D eigenvalue weighted by Gasteiger charge is -2.16. The van der Waals surface area contributed by atoms with Gasteiger partial charge in [0, 0.05) is 34.6 Å². The lowest BCUT2D eigenvalue weighted by Crippen LogP contribution is -2.28. The molecule has 1 unspecified atom stereocenters. The standard InChI is InChI=1S/C13H14Cl3NO/c14-3-1-9-2-4-17(8-9)13(18)10-5-11(15)7-12(16)6-10/h5-7,9H,1-4,8H2. The summed E-state index contributed by atoms with van der Waals surface area (Å²) in [6.07, 6.45) is 1.98. The maximum absolute atomic E-state index is 12.3. The van der Waals surface area contributed by atoms with E-state index in [1.165, 1.54) is 0 Å². The number of carbonyl (C=O) groups excluding carboxylic acids is 1. The zero-order chi connectivity index (χ0) is 13.1. The normalized spacial score (nSPS) is 19.3. The fourth-order valence-electron chi connectivity index (χ4n) is 2.27. The molecule has 1 saturated heterocycles. The summed E-state index contributed by atoms with van der Waals surface area (Å²) in [4.78, 5) is 14.1. The van der Waals surface area contributed by atoms with E-state index >= 15 is 0 Å². The minimum Gasteiger partial charge on any atom is -0.338 e. The van der Waals surface area contributed by atoms with Gasteiger partial charge in [0.25, 0.3) is 5.91 Å². The molecule has 0 bridgehead atoms. The second-order valence-corrected chi connectivity index (χ2v) is 5.79. The van der Waals surface area contributed by atoms with Crippen molar-refractivity contribution < 1.29 is 4.79 Å². The van der Waals surface area contributed by atoms with E-state index in [2.05, 4.69) is 0 Å². The van der Waals surface area contributed by atoms with Crippen molar-refractivity contribution in [1.82, 2.24) is 4.90 Å². The first-order valence-corrected chi connectivity index (χ1v) is 7.20. The van der Waals surface area contributed by atoms with Crippen molar-refractivity contribution in [3.63, 3.8) is 0 Å². The monoisotopic (exact) mass is 305 g/mol. The van der Waals surface area contributed by atoms with Gasteiger partial charge in [-0.25, -0.2) is 0 Å². The van der Waals surface area contributed by atoms with Crippen molar-refractivity contribution in [2.45, 2.75) is 12.8 Å². The van der Waals surface area contributed by atoms with Crippen LogP contribution in [-0.2, 0) is 0 Å². The summed E-state index contributed by atoms with van der Waals surface area (Å²) in [5, 5.41) is 0.977. The summed E-state index contributed by atoms with van der Waals surface area (Å²) in [6.45, 7) is 1.56. The Morgan fingerprint density at radius 1 is 1.28 bits per heavy atom. The number of hydrogen-bond acceptors (Lipinski definition) is 1. The van der Waals surface area contributed by atoms with E-state index in [-0.39, 0.29) is 5.91 Å². The van der Waals surface area contributed by atoms with Crippen LogP contribution in [0.5, 0.6) is 0 Å². The van der Waals surface area contributed by atoms with Gasteiger partial charge in [-0.3, -0.25) is 4.79 Å². The highest BCUT2D eigenvalue weighted by Gasteiger charge is 2.26. The molecular formula is C13H14Cl3NO. The Kier molecular flexibility index (Phi) is 4.77. The Morgan fingerprint density at radius 2 is 1.94 bits per heavy atom. The molecule has 1 aromatic carbocycles. The fraction of sp³-hybridized carbons (Fsp3) is 0.462. The number of carbonyl (C=O) groups is 1. The van der Waals surface area contributed by atoms with Crippen LogP contribution in [0.4, 0.5) is 0 Å². The molecule has 98 valence electrons. The molecule has 1 atom stereocenters. The van der Waals surface area contributed by atoms with E-state index in [9.17, 15) is 4.79 Å². The van der Waals surface area contributed by atoms with Crippen molar-refractivity contribution in [1.29, 1.82) is 0 Å². The maximum atomic E-state index is 12.3. The second-order valence-electron chi connectivity index (χ2n) is 4.54. The van der Waals surface area contributed by atoms with Crippen LogP contribution < -0.4 is 0 Å². The molecule has 1 fully saturated rings. The van der Waals surface area contributed by atoms with Gasteiger partial charge in [-0.2, -0.15) is 0 Å². The molecule has 0 aromatic heterocycles. The molecule has 0 N–H and O–H groups in total. The van der Waals surface area contributed by atoms with Gasteiger partial charge >= 0.3 is 0 Å². The van der Waals surface area contributed by atoms with Crippen molar-refractivity contribution in [3.05, 3.63) is 33.8 Å². The van der Waals surface area contributed by atoms with E-state index in [1.54, 1.807) is 18.2 Å². The number of amides is 1. The van der Waals surface area contributed by atoms with E-state index in [0.717, 1.165) is 25.9 Å². The number of nitrogens with zero attached hydrogens (tertiary/aromatic N) is 1. The van der Waals surface area contributed by atoms with Crippen LogP contribution in [0.3, 0.4) is 0 Å². The summed E-state index contributed by atoms with van der Waals surface area (Å²) in [5.74, 6) is 1.16. The molecule has 0 radical (unpaired) electrons. The maximum Gasteiger partial charge on any atom is 0.253 e. The third-order valence-corrected chi connectivity index (χ3v) is 3.85. The number of alkyl halides is 1. The predicted molar refractivity (Wildman–Crippen MR) is 75.8 cm³/mol. The van der Waals surface area contributed by atoms with E-state index < -0.39 is 0 Å². The van der Waals surface area contributed by atoms with Crippen LogP contribution in [0.25, 0.3) is 0 Å². The first-order valence-electron chi connectivity index (χ1n) is 5.91. The Morgan fingerprint density at radius 3 is 2.56 bits per heavy atom. The van der Waals surface area contributed by atoms with Gasteiger partial charge < -0.3 is 4.90 Å². The molecular weight excluding hydrogens is 293 g/mol. The van der Waals surface area contributed by atoms with Crippen molar-refractivity contribution in [2.24, 2.45) is 5.92 Å². The van der Waals surface area contributed by atoms with Crippen LogP contribution in [0.2, 0.25) is 10.0 Å². The average Bonchev–Trinajstić information content (AvgIpc) is 2.76. The molecule has 1 aliphatic heterocycles.